The molecule has 0 saturated carbocycles. The first-order chi connectivity index (χ1) is 14.0. The number of methoxy groups -OCH3 is 1. The lowest BCUT2D eigenvalue weighted by Gasteiger charge is -2.18. The lowest BCUT2D eigenvalue weighted by Crippen LogP contribution is -2.42. The summed E-state index contributed by atoms with van der Waals surface area (Å²) >= 11 is 0. The van der Waals surface area contributed by atoms with Gasteiger partial charge >= 0.3 is 0 Å². The maximum Gasteiger partial charge on any atom is 0.251 e. The molecular weight excluding hydrogens is 495 g/mol. The van der Waals surface area contributed by atoms with Gasteiger partial charge in [-0.15, -0.1) is 24.0 Å². The van der Waals surface area contributed by atoms with Gasteiger partial charge in [0.05, 0.1) is 13.7 Å². The predicted octanol–water partition coefficient (Wildman–Crippen LogP) is 2.85. The van der Waals surface area contributed by atoms with Crippen molar-refractivity contribution in [2.75, 3.05) is 34.3 Å². The van der Waals surface area contributed by atoms with Crippen molar-refractivity contribution in [3.8, 4) is 11.5 Å². The number of rotatable bonds is 9. The van der Waals surface area contributed by atoms with Gasteiger partial charge in [-0.05, 0) is 43.2 Å². The van der Waals surface area contributed by atoms with Gasteiger partial charge in [0.1, 0.15) is 17.6 Å². The van der Waals surface area contributed by atoms with Crippen LogP contribution in [0.25, 0.3) is 0 Å². The van der Waals surface area contributed by atoms with E-state index < -0.39 is 0 Å². The number of amides is 1. The first-order valence-corrected chi connectivity index (χ1v) is 9.62. The SMILES string of the molecule is CN=C(NCCc1cccc(C(=O)NC)c1)NCC(C)Oc1cccc(OC)c1.I. The van der Waals surface area contributed by atoms with E-state index in [0.29, 0.717) is 24.6 Å². The third kappa shape index (κ3) is 8.48. The number of halogens is 1. The average molecular weight is 526 g/mol. The van der Waals surface area contributed by atoms with Crippen molar-refractivity contribution in [2.45, 2.75) is 19.4 Å². The van der Waals surface area contributed by atoms with Crippen LogP contribution in [0.1, 0.15) is 22.8 Å². The Morgan fingerprint density at radius 3 is 2.53 bits per heavy atom. The molecule has 1 unspecified atom stereocenters. The van der Waals surface area contributed by atoms with E-state index in [-0.39, 0.29) is 36.0 Å². The van der Waals surface area contributed by atoms with Crippen LogP contribution in [0.4, 0.5) is 0 Å². The van der Waals surface area contributed by atoms with Crippen LogP contribution in [-0.2, 0) is 6.42 Å². The Morgan fingerprint density at radius 2 is 1.83 bits per heavy atom. The second-order valence-electron chi connectivity index (χ2n) is 6.52. The Labute approximate surface area is 195 Å². The summed E-state index contributed by atoms with van der Waals surface area (Å²) < 4.78 is 11.1. The van der Waals surface area contributed by atoms with E-state index in [4.69, 9.17) is 9.47 Å². The molecule has 0 aliphatic rings. The molecule has 0 radical (unpaired) electrons. The number of nitrogens with zero attached hydrogens (tertiary/aromatic N) is 1. The average Bonchev–Trinajstić information content (AvgIpc) is 2.75. The molecule has 0 spiro atoms. The Morgan fingerprint density at radius 1 is 1.10 bits per heavy atom. The molecule has 164 valence electrons. The lowest BCUT2D eigenvalue weighted by atomic mass is 10.1. The maximum absolute atomic E-state index is 11.7. The number of nitrogens with one attached hydrogen (secondary N) is 3. The first kappa shape index (κ1) is 25.5. The largest absolute Gasteiger partial charge is 0.497 e. The van der Waals surface area contributed by atoms with Crippen LogP contribution >= 0.6 is 24.0 Å². The highest BCUT2D eigenvalue weighted by Gasteiger charge is 2.07. The summed E-state index contributed by atoms with van der Waals surface area (Å²) in [6.07, 6.45) is 0.728. The molecule has 0 aliphatic heterocycles. The summed E-state index contributed by atoms with van der Waals surface area (Å²) in [6, 6.07) is 15.1. The van der Waals surface area contributed by atoms with E-state index in [0.717, 1.165) is 23.5 Å². The monoisotopic (exact) mass is 526 g/mol. The molecule has 30 heavy (non-hydrogen) atoms. The number of benzene rings is 2. The van der Waals surface area contributed by atoms with E-state index in [1.54, 1.807) is 27.3 Å². The molecule has 2 aromatic rings. The van der Waals surface area contributed by atoms with Gasteiger partial charge in [0.2, 0.25) is 0 Å². The number of ether oxygens (including phenoxy) is 2. The molecule has 0 aromatic heterocycles. The van der Waals surface area contributed by atoms with E-state index >= 15 is 0 Å². The zero-order valence-corrected chi connectivity index (χ0v) is 20.2. The van der Waals surface area contributed by atoms with Crippen LogP contribution in [0, 0.1) is 0 Å². The molecule has 7 nitrogen and oxygen atoms in total. The van der Waals surface area contributed by atoms with Crippen molar-refractivity contribution in [3.63, 3.8) is 0 Å². The van der Waals surface area contributed by atoms with Crippen LogP contribution < -0.4 is 25.4 Å². The second-order valence-corrected chi connectivity index (χ2v) is 6.52. The molecule has 1 atom stereocenters. The Bertz CT molecular complexity index is 830. The number of hydrogen-bond acceptors (Lipinski definition) is 4. The Hall–Kier alpha value is -2.49. The predicted molar refractivity (Wildman–Crippen MR) is 131 cm³/mol. The van der Waals surface area contributed by atoms with Gasteiger partial charge < -0.3 is 25.4 Å². The van der Waals surface area contributed by atoms with E-state index in [2.05, 4.69) is 20.9 Å². The minimum Gasteiger partial charge on any atom is -0.497 e. The number of guanidine groups is 1. The summed E-state index contributed by atoms with van der Waals surface area (Å²) in [5.74, 6) is 2.15. The van der Waals surface area contributed by atoms with Crippen molar-refractivity contribution in [1.82, 2.24) is 16.0 Å². The van der Waals surface area contributed by atoms with Gasteiger partial charge in [-0.1, -0.05) is 18.2 Å². The molecule has 8 heteroatoms. The second kappa shape index (κ2) is 13.7. The molecule has 0 saturated heterocycles. The molecular formula is C22H31IN4O3. The molecule has 1 amide bonds. The minimum absolute atomic E-state index is 0. The highest BCUT2D eigenvalue weighted by atomic mass is 127. The van der Waals surface area contributed by atoms with Gasteiger partial charge in [0.25, 0.3) is 5.91 Å². The summed E-state index contributed by atoms with van der Waals surface area (Å²) in [5, 5.41) is 9.18. The Balaban J connectivity index is 0.00000450. The molecule has 0 heterocycles. The topological polar surface area (TPSA) is 84.0 Å². The quantitative estimate of drug-likeness (QED) is 0.266. The van der Waals surface area contributed by atoms with Gasteiger partial charge in [-0.3, -0.25) is 9.79 Å². The number of aliphatic imine (C=N–C) groups is 1. The van der Waals surface area contributed by atoms with Gasteiger partial charge in [-0.25, -0.2) is 0 Å². The van der Waals surface area contributed by atoms with Crippen molar-refractivity contribution in [3.05, 3.63) is 59.7 Å². The van der Waals surface area contributed by atoms with Crippen LogP contribution in [-0.4, -0.2) is 52.3 Å². The Kier molecular flexibility index (Phi) is 11.7. The zero-order valence-electron chi connectivity index (χ0n) is 17.9. The molecule has 0 bridgehead atoms. The summed E-state index contributed by atoms with van der Waals surface area (Å²) in [4.78, 5) is 16.0. The smallest absolute Gasteiger partial charge is 0.251 e. The number of carbonyl (C=O) groups excluding carboxylic acids is 1. The summed E-state index contributed by atoms with van der Waals surface area (Å²) in [5.41, 5.74) is 1.75. The van der Waals surface area contributed by atoms with Crippen LogP contribution in [0.3, 0.4) is 0 Å². The number of hydrogen-bond donors (Lipinski definition) is 3. The molecule has 2 rings (SSSR count). The fourth-order valence-electron chi connectivity index (χ4n) is 2.75. The van der Waals surface area contributed by atoms with E-state index in [1.165, 1.54) is 0 Å². The standard InChI is InChI=1S/C22H30N4O3.HI/c1-16(29-20-10-6-9-19(14-20)28-4)15-26-22(24-3)25-12-11-17-7-5-8-18(13-17)21(27)23-2;/h5-10,13-14,16H,11-12,15H2,1-4H3,(H,23,27)(H2,24,25,26);1H. The van der Waals surface area contributed by atoms with Gasteiger partial charge in [0.15, 0.2) is 5.96 Å². The summed E-state index contributed by atoms with van der Waals surface area (Å²) in [6.45, 7) is 3.29. The molecule has 2 aromatic carbocycles. The van der Waals surface area contributed by atoms with Crippen LogP contribution in [0.2, 0.25) is 0 Å². The molecule has 3 N–H and O–H groups in total. The van der Waals surface area contributed by atoms with E-state index in [9.17, 15) is 4.79 Å². The van der Waals surface area contributed by atoms with Crippen molar-refractivity contribution >= 4 is 35.8 Å². The van der Waals surface area contributed by atoms with Crippen molar-refractivity contribution in [2.24, 2.45) is 4.99 Å². The van der Waals surface area contributed by atoms with Crippen molar-refractivity contribution < 1.29 is 14.3 Å². The fourth-order valence-corrected chi connectivity index (χ4v) is 2.75. The summed E-state index contributed by atoms with van der Waals surface area (Å²) in [7, 11) is 4.99. The van der Waals surface area contributed by atoms with E-state index in [1.807, 2.05) is 49.4 Å². The zero-order chi connectivity index (χ0) is 21.1. The highest BCUT2D eigenvalue weighted by molar-refractivity contribution is 14.0. The molecule has 0 aliphatic carbocycles. The minimum atomic E-state index is -0.0812. The van der Waals surface area contributed by atoms with Crippen LogP contribution in [0.5, 0.6) is 11.5 Å². The fraction of sp³-hybridized carbons (Fsp3) is 0.364. The third-order valence-corrected chi connectivity index (χ3v) is 4.28. The maximum atomic E-state index is 11.7. The normalized spacial score (nSPS) is 11.7. The lowest BCUT2D eigenvalue weighted by molar-refractivity contribution is 0.0963. The van der Waals surface area contributed by atoms with Gasteiger partial charge in [0, 0.05) is 32.3 Å². The molecule has 0 fully saturated rings. The number of carbonyl (C=O) groups is 1. The first-order valence-electron chi connectivity index (χ1n) is 9.62. The third-order valence-electron chi connectivity index (χ3n) is 4.28. The van der Waals surface area contributed by atoms with Crippen LogP contribution in [0.15, 0.2) is 53.5 Å². The highest BCUT2D eigenvalue weighted by Crippen LogP contribution is 2.19. The van der Waals surface area contributed by atoms with Crippen molar-refractivity contribution in [1.29, 1.82) is 0 Å². The van der Waals surface area contributed by atoms with Gasteiger partial charge in [-0.2, -0.15) is 0 Å².